The molecule has 0 atom stereocenters. The predicted octanol–water partition coefficient (Wildman–Crippen LogP) is 5.57. The Hall–Kier alpha value is -2.16. The van der Waals surface area contributed by atoms with Crippen LogP contribution in [0.5, 0.6) is 5.75 Å². The van der Waals surface area contributed by atoms with Gasteiger partial charge in [-0.25, -0.2) is 15.0 Å². The second-order valence-corrected chi connectivity index (χ2v) is 8.96. The Bertz CT molecular complexity index is 1120. The number of benzene rings is 1. The number of hydrogen-bond acceptors (Lipinski definition) is 7. The quantitative estimate of drug-likeness (QED) is 0.265. The zero-order valence-corrected chi connectivity index (χ0v) is 18.9. The Morgan fingerprint density at radius 1 is 1.24 bits per heavy atom. The van der Waals surface area contributed by atoms with Crippen LogP contribution in [-0.4, -0.2) is 27.0 Å². The van der Waals surface area contributed by atoms with Gasteiger partial charge in [0.25, 0.3) is 0 Å². The third kappa shape index (κ3) is 4.39. The van der Waals surface area contributed by atoms with Crippen LogP contribution in [0.2, 0.25) is 0 Å². The van der Waals surface area contributed by atoms with Gasteiger partial charge in [-0.3, -0.25) is 4.79 Å². The van der Waals surface area contributed by atoms with E-state index in [0.29, 0.717) is 17.1 Å². The number of nitrogens with zero attached hydrogens (tertiary/aromatic N) is 3. The highest BCUT2D eigenvalue weighted by Gasteiger charge is 2.26. The van der Waals surface area contributed by atoms with Crippen molar-refractivity contribution in [1.82, 2.24) is 15.0 Å². The molecule has 0 amide bonds. The first-order valence-electron chi connectivity index (χ1n) is 8.72. The number of aryl methyl sites for hydroxylation is 1. The molecule has 0 bridgehead atoms. The zero-order valence-electron chi connectivity index (χ0n) is 15.7. The van der Waals surface area contributed by atoms with Crippen molar-refractivity contribution in [3.8, 4) is 5.75 Å². The molecule has 8 heteroatoms. The van der Waals surface area contributed by atoms with E-state index in [1.165, 1.54) is 23.5 Å². The molecule has 5 nitrogen and oxygen atoms in total. The monoisotopic (exact) mass is 485 g/mol. The molecule has 29 heavy (non-hydrogen) atoms. The van der Waals surface area contributed by atoms with Crippen LogP contribution in [0.1, 0.15) is 27.0 Å². The fourth-order valence-electron chi connectivity index (χ4n) is 2.78. The zero-order chi connectivity index (χ0) is 20.4. The predicted molar refractivity (Wildman–Crippen MR) is 119 cm³/mol. The van der Waals surface area contributed by atoms with Crippen molar-refractivity contribution in [1.29, 1.82) is 0 Å². The molecule has 3 aromatic rings. The minimum absolute atomic E-state index is 0.000856. The van der Waals surface area contributed by atoms with E-state index in [2.05, 4.69) is 30.9 Å². The second-order valence-electron chi connectivity index (χ2n) is 6.30. The van der Waals surface area contributed by atoms with Crippen molar-refractivity contribution in [3.63, 3.8) is 0 Å². The van der Waals surface area contributed by atoms with Crippen molar-refractivity contribution >= 4 is 51.3 Å². The molecule has 1 aliphatic heterocycles. The Morgan fingerprint density at radius 2 is 2.03 bits per heavy atom. The van der Waals surface area contributed by atoms with Crippen molar-refractivity contribution in [2.24, 2.45) is 0 Å². The van der Waals surface area contributed by atoms with E-state index in [1.54, 1.807) is 24.7 Å². The van der Waals surface area contributed by atoms with Gasteiger partial charge in [0.1, 0.15) is 17.4 Å². The Labute approximate surface area is 185 Å². The topological polar surface area (TPSA) is 65.0 Å². The summed E-state index contributed by atoms with van der Waals surface area (Å²) in [6, 6.07) is 7.52. The number of halogens is 1. The van der Waals surface area contributed by atoms with Crippen molar-refractivity contribution in [3.05, 3.63) is 74.5 Å². The second kappa shape index (κ2) is 8.69. The number of fused-ring (bicyclic) bond motifs is 1. The lowest BCUT2D eigenvalue weighted by Crippen LogP contribution is -2.00. The van der Waals surface area contributed by atoms with Crippen molar-refractivity contribution in [2.75, 3.05) is 6.26 Å². The summed E-state index contributed by atoms with van der Waals surface area (Å²) in [4.78, 5) is 26.1. The Kier molecular flexibility index (Phi) is 6.03. The van der Waals surface area contributed by atoms with E-state index in [-0.39, 0.29) is 5.78 Å². The number of hydrogen-bond donors (Lipinski definition) is 0. The molecule has 146 valence electrons. The molecule has 1 aliphatic rings. The van der Waals surface area contributed by atoms with Gasteiger partial charge in [-0.2, -0.15) is 0 Å². The first-order valence-corrected chi connectivity index (χ1v) is 11.6. The number of ether oxygens (including phenoxy) is 1. The Balaban J connectivity index is 1.57. The van der Waals surface area contributed by atoms with Gasteiger partial charge in [0, 0.05) is 28.6 Å². The fourth-order valence-corrected chi connectivity index (χ4v) is 4.65. The molecule has 0 saturated carbocycles. The van der Waals surface area contributed by atoms with Gasteiger partial charge in [-0.1, -0.05) is 39.5 Å². The molecular formula is C21H16BrN3O2S2. The van der Waals surface area contributed by atoms with Crippen LogP contribution < -0.4 is 4.74 Å². The van der Waals surface area contributed by atoms with Crippen molar-refractivity contribution in [2.45, 2.75) is 23.7 Å². The normalized spacial score (nSPS) is 14.3. The molecule has 0 unspecified atom stereocenters. The van der Waals surface area contributed by atoms with Crippen LogP contribution in [0, 0.1) is 6.92 Å². The summed E-state index contributed by atoms with van der Waals surface area (Å²) in [7, 11) is 0. The minimum atomic E-state index is -0.000856. The van der Waals surface area contributed by atoms with Gasteiger partial charge in [-0.15, -0.1) is 0 Å². The van der Waals surface area contributed by atoms with Crippen molar-refractivity contribution < 1.29 is 9.53 Å². The molecular weight excluding hydrogens is 470 g/mol. The highest BCUT2D eigenvalue weighted by molar-refractivity contribution is 9.10. The van der Waals surface area contributed by atoms with Crippen LogP contribution in [-0.2, 0) is 6.61 Å². The van der Waals surface area contributed by atoms with E-state index in [0.717, 1.165) is 37.1 Å². The molecule has 0 aliphatic carbocycles. The van der Waals surface area contributed by atoms with Gasteiger partial charge in [0.05, 0.1) is 10.5 Å². The lowest BCUT2D eigenvalue weighted by atomic mass is 10.1. The summed E-state index contributed by atoms with van der Waals surface area (Å²) in [5.41, 5.74) is 3.42. The standard InChI is InChI=1S/C21H16BrN3O2S2/c1-12-6-16(22)14(8-18-19(26)15-4-3-5-23-20(15)29-18)7-17(12)27-11-13-9-24-21(28-2)25-10-13/h3-10H,11H2,1-2H3/b18-8-. The molecule has 0 spiro atoms. The van der Waals surface area contributed by atoms with Crippen LogP contribution >= 0.6 is 39.5 Å². The van der Waals surface area contributed by atoms with E-state index < -0.39 is 0 Å². The summed E-state index contributed by atoms with van der Waals surface area (Å²) in [6.07, 6.45) is 9.06. The minimum Gasteiger partial charge on any atom is -0.488 e. The Morgan fingerprint density at radius 3 is 2.76 bits per heavy atom. The maximum Gasteiger partial charge on any atom is 0.202 e. The number of carbonyl (C=O) groups is 1. The third-order valence-corrected chi connectivity index (χ3v) is 6.59. The third-order valence-electron chi connectivity index (χ3n) is 4.29. The maximum absolute atomic E-state index is 12.6. The van der Waals surface area contributed by atoms with E-state index >= 15 is 0 Å². The van der Waals surface area contributed by atoms with E-state index in [4.69, 9.17) is 4.74 Å². The lowest BCUT2D eigenvalue weighted by Gasteiger charge is -2.12. The number of rotatable bonds is 5. The summed E-state index contributed by atoms with van der Waals surface area (Å²) in [5.74, 6) is 0.749. The van der Waals surface area contributed by atoms with Gasteiger partial charge in [-0.05, 0) is 54.6 Å². The van der Waals surface area contributed by atoms with Crippen LogP contribution in [0.25, 0.3) is 6.08 Å². The summed E-state index contributed by atoms with van der Waals surface area (Å²) in [5, 5.41) is 1.48. The van der Waals surface area contributed by atoms with Crippen LogP contribution in [0.15, 0.2) is 62.4 Å². The summed E-state index contributed by atoms with van der Waals surface area (Å²) < 4.78 is 6.91. The largest absolute Gasteiger partial charge is 0.488 e. The molecule has 0 N–H and O–H groups in total. The number of carbonyl (C=O) groups excluding carboxylic acids is 1. The smallest absolute Gasteiger partial charge is 0.202 e. The molecule has 4 rings (SSSR count). The number of allylic oxidation sites excluding steroid dienone is 1. The number of aromatic nitrogens is 3. The molecule has 2 aromatic heterocycles. The van der Waals surface area contributed by atoms with Gasteiger partial charge >= 0.3 is 0 Å². The fraction of sp³-hybridized carbons (Fsp3) is 0.143. The van der Waals surface area contributed by atoms with Gasteiger partial charge in [0.2, 0.25) is 5.78 Å². The lowest BCUT2D eigenvalue weighted by molar-refractivity contribution is 0.104. The molecule has 3 heterocycles. The molecule has 0 radical (unpaired) electrons. The summed E-state index contributed by atoms with van der Waals surface area (Å²) >= 11 is 6.49. The van der Waals surface area contributed by atoms with Crippen LogP contribution in [0.3, 0.4) is 0 Å². The van der Waals surface area contributed by atoms with Gasteiger partial charge < -0.3 is 4.74 Å². The highest BCUT2D eigenvalue weighted by atomic mass is 79.9. The average Bonchev–Trinajstić information content (AvgIpc) is 3.05. The molecule has 1 aromatic carbocycles. The molecule has 0 fully saturated rings. The molecule has 0 saturated heterocycles. The summed E-state index contributed by atoms with van der Waals surface area (Å²) in [6.45, 7) is 2.36. The average molecular weight is 486 g/mol. The number of pyridine rings is 1. The number of ketones is 1. The van der Waals surface area contributed by atoms with Crippen LogP contribution in [0.4, 0.5) is 0 Å². The SMILES string of the molecule is CSc1ncc(COc2cc(/C=C3\Sc4ncccc4C3=O)c(Br)cc2C)cn1. The number of Topliss-reactive ketones (excluding diaryl/α,β-unsaturated/α-hetero) is 1. The first kappa shape index (κ1) is 20.1. The number of thioether (sulfide) groups is 2. The van der Waals surface area contributed by atoms with E-state index in [9.17, 15) is 4.79 Å². The van der Waals surface area contributed by atoms with Gasteiger partial charge in [0.15, 0.2) is 5.16 Å². The maximum atomic E-state index is 12.6. The highest BCUT2D eigenvalue weighted by Crippen LogP contribution is 2.40. The van der Waals surface area contributed by atoms with E-state index in [1.807, 2.05) is 37.5 Å². The first-order chi connectivity index (χ1) is 14.0.